The topological polar surface area (TPSA) is 89.0 Å². The minimum Gasteiger partial charge on any atom is -0.493 e. The highest BCUT2D eigenvalue weighted by atomic mass is 16.5. The van der Waals surface area contributed by atoms with E-state index in [2.05, 4.69) is 21.9 Å². The van der Waals surface area contributed by atoms with E-state index in [1.165, 1.54) is 11.8 Å². The van der Waals surface area contributed by atoms with Gasteiger partial charge in [-0.1, -0.05) is 61.9 Å². The molecule has 3 rings (SSSR count). The summed E-state index contributed by atoms with van der Waals surface area (Å²) < 4.78 is 11.4. The van der Waals surface area contributed by atoms with E-state index < -0.39 is 11.9 Å². The van der Waals surface area contributed by atoms with Gasteiger partial charge >= 0.3 is 0 Å². The number of aryl methyl sites for hydroxylation is 1. The summed E-state index contributed by atoms with van der Waals surface area (Å²) in [4.78, 5) is 25.1. The average Bonchev–Trinajstić information content (AvgIpc) is 2.86. The summed E-state index contributed by atoms with van der Waals surface area (Å²) in [6.07, 6.45) is 1.52. The van der Waals surface area contributed by atoms with E-state index in [1.807, 2.05) is 51.1 Å². The van der Waals surface area contributed by atoms with Crippen LogP contribution in [-0.2, 0) is 11.4 Å². The van der Waals surface area contributed by atoms with E-state index in [-0.39, 0.29) is 11.8 Å². The van der Waals surface area contributed by atoms with Crippen molar-refractivity contribution < 1.29 is 19.1 Å². The lowest BCUT2D eigenvalue weighted by molar-refractivity contribution is -0.123. The lowest BCUT2D eigenvalue weighted by Gasteiger charge is -2.20. The SMILES string of the molecule is COc1cc(/C=N/NC(=O)C(NC(=O)c2ccccc2)C(C)C)ccc1OCc1cccc(C)c1. The van der Waals surface area contributed by atoms with Crippen molar-refractivity contribution in [2.75, 3.05) is 7.11 Å². The van der Waals surface area contributed by atoms with Gasteiger partial charge in [-0.2, -0.15) is 5.10 Å². The number of hydrazone groups is 1. The number of carbonyl (C=O) groups excluding carboxylic acids is 2. The summed E-state index contributed by atoms with van der Waals surface area (Å²) in [5, 5.41) is 6.84. The van der Waals surface area contributed by atoms with Crippen LogP contribution in [0, 0.1) is 12.8 Å². The molecule has 1 atom stereocenters. The summed E-state index contributed by atoms with van der Waals surface area (Å²) in [7, 11) is 1.57. The summed E-state index contributed by atoms with van der Waals surface area (Å²) >= 11 is 0. The highest BCUT2D eigenvalue weighted by Gasteiger charge is 2.24. The zero-order valence-electron chi connectivity index (χ0n) is 20.4. The van der Waals surface area contributed by atoms with Crippen molar-refractivity contribution in [3.8, 4) is 11.5 Å². The Hall–Kier alpha value is -4.13. The smallest absolute Gasteiger partial charge is 0.262 e. The van der Waals surface area contributed by atoms with Gasteiger partial charge < -0.3 is 14.8 Å². The van der Waals surface area contributed by atoms with Gasteiger partial charge in [-0.05, 0) is 54.3 Å². The molecular weight excluding hydrogens is 442 g/mol. The molecule has 0 bridgehead atoms. The molecule has 3 aromatic rings. The fourth-order valence-electron chi connectivity index (χ4n) is 3.44. The van der Waals surface area contributed by atoms with Crippen LogP contribution < -0.4 is 20.2 Å². The summed E-state index contributed by atoms with van der Waals surface area (Å²) in [5.74, 6) is 0.338. The number of hydrogen-bond donors (Lipinski definition) is 2. The predicted octanol–water partition coefficient (Wildman–Crippen LogP) is 4.49. The summed E-state index contributed by atoms with van der Waals surface area (Å²) in [5.41, 5.74) is 5.97. The first kappa shape index (κ1) is 25.5. The van der Waals surface area contributed by atoms with Crippen LogP contribution in [0.5, 0.6) is 11.5 Å². The molecule has 0 aliphatic heterocycles. The van der Waals surface area contributed by atoms with Gasteiger partial charge in [0.2, 0.25) is 0 Å². The van der Waals surface area contributed by atoms with Crippen LogP contribution >= 0.6 is 0 Å². The maximum Gasteiger partial charge on any atom is 0.262 e. The first-order valence-corrected chi connectivity index (χ1v) is 11.4. The third-order valence-electron chi connectivity index (χ3n) is 5.32. The fraction of sp³-hybridized carbons (Fsp3) is 0.250. The number of hydrogen-bond acceptors (Lipinski definition) is 5. The van der Waals surface area contributed by atoms with Crippen molar-refractivity contribution in [2.45, 2.75) is 33.4 Å². The predicted molar refractivity (Wildman–Crippen MR) is 137 cm³/mol. The van der Waals surface area contributed by atoms with Crippen molar-refractivity contribution in [1.82, 2.24) is 10.7 Å². The third-order valence-corrected chi connectivity index (χ3v) is 5.32. The van der Waals surface area contributed by atoms with Crippen molar-refractivity contribution in [1.29, 1.82) is 0 Å². The second-order valence-corrected chi connectivity index (χ2v) is 8.48. The molecule has 0 spiro atoms. The molecule has 0 fully saturated rings. The monoisotopic (exact) mass is 473 g/mol. The van der Waals surface area contributed by atoms with Crippen LogP contribution in [-0.4, -0.2) is 31.2 Å². The molecule has 0 heterocycles. The number of nitrogens with one attached hydrogen (secondary N) is 2. The normalized spacial score (nSPS) is 11.8. The lowest BCUT2D eigenvalue weighted by atomic mass is 10.0. The average molecular weight is 474 g/mol. The number of rotatable bonds is 10. The molecule has 2 amide bonds. The highest BCUT2D eigenvalue weighted by molar-refractivity contribution is 5.97. The second-order valence-electron chi connectivity index (χ2n) is 8.48. The van der Waals surface area contributed by atoms with E-state index in [0.29, 0.717) is 23.7 Å². The van der Waals surface area contributed by atoms with Crippen molar-refractivity contribution >= 4 is 18.0 Å². The molecule has 0 radical (unpaired) electrons. The molecule has 35 heavy (non-hydrogen) atoms. The lowest BCUT2D eigenvalue weighted by Crippen LogP contribution is -2.48. The number of carbonyl (C=O) groups is 2. The zero-order valence-corrected chi connectivity index (χ0v) is 20.4. The van der Waals surface area contributed by atoms with E-state index in [4.69, 9.17) is 9.47 Å². The maximum atomic E-state index is 12.7. The number of ether oxygens (including phenoxy) is 2. The molecule has 0 saturated heterocycles. The van der Waals surface area contributed by atoms with Gasteiger partial charge in [0.1, 0.15) is 12.6 Å². The first-order valence-electron chi connectivity index (χ1n) is 11.4. The molecule has 0 saturated carbocycles. The van der Waals surface area contributed by atoms with Crippen LogP contribution in [0.4, 0.5) is 0 Å². The Bertz CT molecular complexity index is 1180. The van der Waals surface area contributed by atoms with Gasteiger partial charge in [0.15, 0.2) is 11.5 Å². The van der Waals surface area contributed by atoms with Gasteiger partial charge in [-0.25, -0.2) is 5.43 Å². The summed E-state index contributed by atoms with van der Waals surface area (Å²) in [6, 6.07) is 21.6. The minimum absolute atomic E-state index is 0.122. The molecule has 2 N–H and O–H groups in total. The molecule has 1 unspecified atom stereocenters. The number of benzene rings is 3. The van der Waals surface area contributed by atoms with Gasteiger partial charge in [-0.15, -0.1) is 0 Å². The Kier molecular flexibility index (Phi) is 9.01. The maximum absolute atomic E-state index is 12.7. The Morgan fingerprint density at radius 1 is 0.971 bits per heavy atom. The van der Waals surface area contributed by atoms with Crippen molar-refractivity contribution in [2.24, 2.45) is 11.0 Å². The molecule has 3 aromatic carbocycles. The zero-order chi connectivity index (χ0) is 25.2. The Morgan fingerprint density at radius 2 is 1.74 bits per heavy atom. The molecule has 0 aliphatic carbocycles. The molecule has 7 heteroatoms. The van der Waals surface area contributed by atoms with Gasteiger partial charge in [0.25, 0.3) is 11.8 Å². The van der Waals surface area contributed by atoms with Crippen LogP contribution in [0.1, 0.15) is 40.9 Å². The van der Waals surface area contributed by atoms with E-state index in [0.717, 1.165) is 11.1 Å². The number of amides is 2. The minimum atomic E-state index is -0.730. The van der Waals surface area contributed by atoms with E-state index in [9.17, 15) is 9.59 Å². The molecule has 7 nitrogen and oxygen atoms in total. The van der Waals surface area contributed by atoms with Crippen LogP contribution in [0.3, 0.4) is 0 Å². The van der Waals surface area contributed by atoms with Gasteiger partial charge in [-0.3, -0.25) is 9.59 Å². The molecule has 182 valence electrons. The number of methoxy groups -OCH3 is 1. The largest absolute Gasteiger partial charge is 0.493 e. The van der Waals surface area contributed by atoms with E-state index >= 15 is 0 Å². The van der Waals surface area contributed by atoms with Gasteiger partial charge in [0.05, 0.1) is 13.3 Å². The molecular formula is C28H31N3O4. The first-order chi connectivity index (χ1) is 16.9. The van der Waals surface area contributed by atoms with E-state index in [1.54, 1.807) is 43.5 Å². The van der Waals surface area contributed by atoms with Crippen molar-refractivity contribution in [3.63, 3.8) is 0 Å². The van der Waals surface area contributed by atoms with Crippen LogP contribution in [0.2, 0.25) is 0 Å². The fourth-order valence-corrected chi connectivity index (χ4v) is 3.44. The molecule has 0 aromatic heterocycles. The van der Waals surface area contributed by atoms with Crippen LogP contribution in [0.15, 0.2) is 77.9 Å². The van der Waals surface area contributed by atoms with Gasteiger partial charge in [0, 0.05) is 5.56 Å². The third kappa shape index (κ3) is 7.43. The Balaban J connectivity index is 1.60. The number of nitrogens with zero attached hydrogens (tertiary/aromatic N) is 1. The van der Waals surface area contributed by atoms with Crippen LogP contribution in [0.25, 0.3) is 0 Å². The van der Waals surface area contributed by atoms with Crippen molar-refractivity contribution in [3.05, 3.63) is 95.1 Å². The Morgan fingerprint density at radius 3 is 2.43 bits per heavy atom. The summed E-state index contributed by atoms with van der Waals surface area (Å²) in [6.45, 7) is 6.18. The standard InChI is InChI=1S/C28H31N3O4/c1-19(2)26(30-27(32)23-11-6-5-7-12-23)28(33)31-29-17-21-13-14-24(25(16-21)34-4)35-18-22-10-8-9-20(3)15-22/h5-17,19,26H,18H2,1-4H3,(H,30,32)(H,31,33)/b29-17+. The molecule has 0 aliphatic rings. The highest BCUT2D eigenvalue weighted by Crippen LogP contribution is 2.28. The Labute approximate surface area is 206 Å². The quantitative estimate of drug-likeness (QED) is 0.335. The second kappa shape index (κ2) is 12.4.